The SMILES string of the molecule is CC(=O)[C@H]1CN(c2ccc(N3CCCCCC3)cc2)C(=O)O1. The van der Waals surface area contributed by atoms with Crippen molar-refractivity contribution in [1.29, 1.82) is 0 Å². The molecule has 22 heavy (non-hydrogen) atoms. The molecular formula is C17H22N2O3. The molecule has 0 bridgehead atoms. The molecule has 0 aromatic heterocycles. The van der Waals surface area contributed by atoms with E-state index in [1.165, 1.54) is 43.2 Å². The Morgan fingerprint density at radius 1 is 1.05 bits per heavy atom. The van der Waals surface area contributed by atoms with E-state index in [0.29, 0.717) is 6.54 Å². The molecule has 2 heterocycles. The number of rotatable bonds is 3. The van der Waals surface area contributed by atoms with Crippen LogP contribution < -0.4 is 9.80 Å². The standard InChI is InChI=1S/C17H22N2O3/c1-13(20)16-12-19(17(21)22-16)15-8-6-14(7-9-15)18-10-4-2-3-5-11-18/h6-9,16H,2-5,10-12H2,1H3/t16-/m1/s1. The highest BCUT2D eigenvalue weighted by Gasteiger charge is 2.34. The molecule has 0 N–H and O–H groups in total. The molecule has 0 spiro atoms. The lowest BCUT2D eigenvalue weighted by Gasteiger charge is -2.23. The highest BCUT2D eigenvalue weighted by atomic mass is 16.6. The average molecular weight is 302 g/mol. The first-order valence-electron chi connectivity index (χ1n) is 7.99. The van der Waals surface area contributed by atoms with Crippen LogP contribution in [-0.4, -0.2) is 37.6 Å². The number of cyclic esters (lactones) is 1. The summed E-state index contributed by atoms with van der Waals surface area (Å²) < 4.78 is 5.08. The summed E-state index contributed by atoms with van der Waals surface area (Å²) in [5.74, 6) is -0.114. The van der Waals surface area contributed by atoms with E-state index in [1.54, 1.807) is 0 Å². The zero-order valence-corrected chi connectivity index (χ0v) is 13.0. The van der Waals surface area contributed by atoms with Crippen LogP contribution in [0.4, 0.5) is 16.2 Å². The second-order valence-electron chi connectivity index (χ2n) is 6.01. The van der Waals surface area contributed by atoms with E-state index >= 15 is 0 Å². The van der Waals surface area contributed by atoms with E-state index in [4.69, 9.17) is 4.74 Å². The van der Waals surface area contributed by atoms with Crippen molar-refractivity contribution in [1.82, 2.24) is 0 Å². The van der Waals surface area contributed by atoms with Gasteiger partial charge in [0.2, 0.25) is 0 Å². The van der Waals surface area contributed by atoms with Crippen molar-refractivity contribution in [3.05, 3.63) is 24.3 Å². The molecule has 118 valence electrons. The van der Waals surface area contributed by atoms with Crippen LogP contribution in [0.25, 0.3) is 0 Å². The van der Waals surface area contributed by atoms with Crippen molar-refractivity contribution in [2.45, 2.75) is 38.7 Å². The first-order chi connectivity index (χ1) is 10.6. The number of Topliss-reactive ketones (excluding diaryl/α,β-unsaturated/α-hetero) is 1. The van der Waals surface area contributed by atoms with Gasteiger partial charge in [-0.1, -0.05) is 12.8 Å². The summed E-state index contributed by atoms with van der Waals surface area (Å²) in [6.07, 6.45) is 4.00. The minimum Gasteiger partial charge on any atom is -0.436 e. The van der Waals surface area contributed by atoms with Crippen LogP contribution in [0, 0.1) is 0 Å². The highest BCUT2D eigenvalue weighted by Crippen LogP contribution is 2.26. The summed E-state index contributed by atoms with van der Waals surface area (Å²) in [6, 6.07) is 7.97. The molecule has 1 amide bonds. The van der Waals surface area contributed by atoms with Gasteiger partial charge in [0, 0.05) is 24.5 Å². The van der Waals surface area contributed by atoms with Gasteiger partial charge in [0.1, 0.15) is 0 Å². The maximum absolute atomic E-state index is 11.9. The quantitative estimate of drug-likeness (QED) is 0.861. The summed E-state index contributed by atoms with van der Waals surface area (Å²) in [6.45, 7) is 3.94. The number of hydrogen-bond donors (Lipinski definition) is 0. The number of nitrogens with zero attached hydrogens (tertiary/aromatic N) is 2. The summed E-state index contributed by atoms with van der Waals surface area (Å²) >= 11 is 0. The second-order valence-corrected chi connectivity index (χ2v) is 6.01. The molecule has 0 radical (unpaired) electrons. The summed E-state index contributed by atoms with van der Waals surface area (Å²) in [5.41, 5.74) is 1.98. The van der Waals surface area contributed by atoms with E-state index in [0.717, 1.165) is 18.8 Å². The Bertz CT molecular complexity index is 548. The Hall–Kier alpha value is -2.04. The number of carbonyl (C=O) groups excluding carboxylic acids is 2. The van der Waals surface area contributed by atoms with Crippen molar-refractivity contribution >= 4 is 23.3 Å². The highest BCUT2D eigenvalue weighted by molar-refractivity contribution is 5.95. The molecule has 3 rings (SSSR count). The zero-order valence-electron chi connectivity index (χ0n) is 13.0. The van der Waals surface area contributed by atoms with Crippen LogP contribution in [0.3, 0.4) is 0 Å². The van der Waals surface area contributed by atoms with Crippen molar-refractivity contribution in [2.75, 3.05) is 29.4 Å². The number of benzene rings is 1. The topological polar surface area (TPSA) is 49.9 Å². The fraction of sp³-hybridized carbons (Fsp3) is 0.529. The Balaban J connectivity index is 1.71. The molecular weight excluding hydrogens is 280 g/mol. The first-order valence-corrected chi connectivity index (χ1v) is 7.99. The van der Waals surface area contributed by atoms with Crippen molar-refractivity contribution < 1.29 is 14.3 Å². The molecule has 0 aliphatic carbocycles. The Morgan fingerprint density at radius 3 is 2.18 bits per heavy atom. The monoisotopic (exact) mass is 302 g/mol. The minimum absolute atomic E-state index is 0.114. The van der Waals surface area contributed by atoms with Gasteiger partial charge in [0.05, 0.1) is 6.54 Å². The number of anilines is 2. The molecule has 2 fully saturated rings. The maximum Gasteiger partial charge on any atom is 0.415 e. The fourth-order valence-electron chi connectivity index (χ4n) is 3.06. The predicted molar refractivity (Wildman–Crippen MR) is 85.4 cm³/mol. The van der Waals surface area contributed by atoms with Gasteiger partial charge in [-0.2, -0.15) is 0 Å². The lowest BCUT2D eigenvalue weighted by Crippen LogP contribution is -2.27. The van der Waals surface area contributed by atoms with Gasteiger partial charge in [-0.25, -0.2) is 4.79 Å². The van der Waals surface area contributed by atoms with Gasteiger partial charge >= 0.3 is 6.09 Å². The number of ketones is 1. The summed E-state index contributed by atoms with van der Waals surface area (Å²) in [4.78, 5) is 27.1. The number of amides is 1. The molecule has 2 saturated heterocycles. The second kappa shape index (κ2) is 6.38. The van der Waals surface area contributed by atoms with E-state index in [2.05, 4.69) is 17.0 Å². The van der Waals surface area contributed by atoms with E-state index < -0.39 is 12.2 Å². The first kappa shape index (κ1) is 14.9. The third kappa shape index (κ3) is 3.08. The third-order valence-electron chi connectivity index (χ3n) is 4.40. The van der Waals surface area contributed by atoms with Gasteiger partial charge in [-0.15, -0.1) is 0 Å². The van der Waals surface area contributed by atoms with Gasteiger partial charge in [-0.3, -0.25) is 9.69 Å². The molecule has 0 unspecified atom stereocenters. The molecule has 1 aromatic carbocycles. The Kier molecular flexibility index (Phi) is 4.32. The number of carbonyl (C=O) groups is 2. The zero-order chi connectivity index (χ0) is 15.5. The smallest absolute Gasteiger partial charge is 0.415 e. The average Bonchev–Trinajstić information content (AvgIpc) is 2.74. The van der Waals surface area contributed by atoms with Gasteiger partial charge in [0.15, 0.2) is 11.9 Å². The van der Waals surface area contributed by atoms with E-state index in [9.17, 15) is 9.59 Å². The minimum atomic E-state index is -0.641. The molecule has 0 saturated carbocycles. The van der Waals surface area contributed by atoms with Crippen LogP contribution in [0.15, 0.2) is 24.3 Å². The molecule has 1 aromatic rings. The molecule has 2 aliphatic rings. The number of hydrogen-bond acceptors (Lipinski definition) is 4. The molecule has 5 nitrogen and oxygen atoms in total. The van der Waals surface area contributed by atoms with Gasteiger partial charge in [0.25, 0.3) is 0 Å². The van der Waals surface area contributed by atoms with Crippen molar-refractivity contribution in [2.24, 2.45) is 0 Å². The fourth-order valence-corrected chi connectivity index (χ4v) is 3.06. The van der Waals surface area contributed by atoms with Crippen LogP contribution in [0.1, 0.15) is 32.6 Å². The molecule has 2 aliphatic heterocycles. The normalized spacial score (nSPS) is 22.4. The van der Waals surface area contributed by atoms with Gasteiger partial charge in [-0.05, 0) is 44.0 Å². The number of ether oxygens (including phenoxy) is 1. The van der Waals surface area contributed by atoms with Crippen molar-refractivity contribution in [3.63, 3.8) is 0 Å². The molecule has 1 atom stereocenters. The maximum atomic E-state index is 11.9. The van der Waals surface area contributed by atoms with Crippen LogP contribution in [-0.2, 0) is 9.53 Å². The van der Waals surface area contributed by atoms with Gasteiger partial charge < -0.3 is 9.64 Å². The summed E-state index contributed by atoms with van der Waals surface area (Å²) in [5, 5.41) is 0. The molecule has 5 heteroatoms. The van der Waals surface area contributed by atoms with Crippen LogP contribution in [0.5, 0.6) is 0 Å². The van der Waals surface area contributed by atoms with Crippen LogP contribution in [0.2, 0.25) is 0 Å². The third-order valence-corrected chi connectivity index (χ3v) is 4.40. The lowest BCUT2D eigenvalue weighted by molar-refractivity contribution is -0.123. The lowest BCUT2D eigenvalue weighted by atomic mass is 10.2. The van der Waals surface area contributed by atoms with E-state index in [-0.39, 0.29) is 5.78 Å². The Labute approximate surface area is 130 Å². The van der Waals surface area contributed by atoms with E-state index in [1.807, 2.05) is 12.1 Å². The Morgan fingerprint density at radius 2 is 1.64 bits per heavy atom. The summed E-state index contributed by atoms with van der Waals surface area (Å²) in [7, 11) is 0. The van der Waals surface area contributed by atoms with Crippen molar-refractivity contribution in [3.8, 4) is 0 Å². The largest absolute Gasteiger partial charge is 0.436 e. The predicted octanol–water partition coefficient (Wildman–Crippen LogP) is 2.98. The van der Waals surface area contributed by atoms with Crippen LogP contribution >= 0.6 is 0 Å².